The number of nitrogens with one attached hydrogen (secondary N) is 1. The van der Waals surface area contributed by atoms with Crippen LogP contribution in [-0.4, -0.2) is 23.5 Å². The quantitative estimate of drug-likeness (QED) is 0.772. The second kappa shape index (κ2) is 8.13. The minimum atomic E-state index is -1.11. The molecule has 1 amide bonds. The molecule has 2 aromatic rings. The van der Waals surface area contributed by atoms with Crippen LogP contribution in [0.3, 0.4) is 0 Å². The highest BCUT2D eigenvalue weighted by Crippen LogP contribution is 2.27. The van der Waals surface area contributed by atoms with E-state index in [2.05, 4.69) is 29.6 Å². The van der Waals surface area contributed by atoms with E-state index in [9.17, 15) is 9.59 Å². The van der Waals surface area contributed by atoms with Crippen molar-refractivity contribution < 1.29 is 14.7 Å². The fourth-order valence-corrected chi connectivity index (χ4v) is 2.50. The van der Waals surface area contributed by atoms with Crippen molar-refractivity contribution in [2.45, 2.75) is 19.3 Å². The SMILES string of the molecule is CC(C(=O)O)C(=O)NCCC(c1ccccc1)c1ccccc1. The highest BCUT2D eigenvalue weighted by molar-refractivity contribution is 5.96. The van der Waals surface area contributed by atoms with Gasteiger partial charge in [0, 0.05) is 12.5 Å². The molecule has 0 saturated carbocycles. The van der Waals surface area contributed by atoms with Crippen LogP contribution in [0, 0.1) is 5.92 Å². The summed E-state index contributed by atoms with van der Waals surface area (Å²) >= 11 is 0. The lowest BCUT2D eigenvalue weighted by molar-refractivity contribution is -0.146. The number of benzene rings is 2. The summed E-state index contributed by atoms with van der Waals surface area (Å²) in [6.45, 7) is 1.83. The van der Waals surface area contributed by atoms with Gasteiger partial charge in [-0.25, -0.2) is 0 Å². The maximum atomic E-state index is 11.7. The summed E-state index contributed by atoms with van der Waals surface area (Å²) in [5, 5.41) is 11.6. The predicted octanol–water partition coefficient (Wildman–Crippen LogP) is 3.05. The lowest BCUT2D eigenvalue weighted by Crippen LogP contribution is -2.34. The lowest BCUT2D eigenvalue weighted by atomic mass is 9.88. The Morgan fingerprint density at radius 1 is 0.957 bits per heavy atom. The molecule has 4 nitrogen and oxygen atoms in total. The standard InChI is InChI=1S/C19H21NO3/c1-14(19(22)23)18(21)20-13-12-17(15-8-4-2-5-9-15)16-10-6-3-7-11-16/h2-11,14,17H,12-13H2,1H3,(H,20,21)(H,22,23). The van der Waals surface area contributed by atoms with Crippen molar-refractivity contribution in [2.24, 2.45) is 5.92 Å². The van der Waals surface area contributed by atoms with Gasteiger partial charge in [-0.05, 0) is 24.5 Å². The molecule has 0 radical (unpaired) electrons. The second-order valence-corrected chi connectivity index (χ2v) is 5.51. The van der Waals surface area contributed by atoms with Gasteiger partial charge < -0.3 is 10.4 Å². The highest BCUT2D eigenvalue weighted by atomic mass is 16.4. The van der Waals surface area contributed by atoms with Crippen molar-refractivity contribution in [2.75, 3.05) is 6.54 Å². The molecule has 0 saturated heterocycles. The zero-order valence-corrected chi connectivity index (χ0v) is 13.1. The third-order valence-corrected chi connectivity index (χ3v) is 3.90. The number of amides is 1. The smallest absolute Gasteiger partial charge is 0.315 e. The zero-order valence-electron chi connectivity index (χ0n) is 13.1. The van der Waals surface area contributed by atoms with Gasteiger partial charge in [0.25, 0.3) is 0 Å². The monoisotopic (exact) mass is 311 g/mol. The Kier molecular flexibility index (Phi) is 5.92. The second-order valence-electron chi connectivity index (χ2n) is 5.51. The summed E-state index contributed by atoms with van der Waals surface area (Å²) in [5.74, 6) is -2.41. The summed E-state index contributed by atoms with van der Waals surface area (Å²) in [7, 11) is 0. The first-order valence-electron chi connectivity index (χ1n) is 7.70. The van der Waals surface area contributed by atoms with Crippen molar-refractivity contribution in [3.05, 3.63) is 71.8 Å². The van der Waals surface area contributed by atoms with Gasteiger partial charge in [-0.1, -0.05) is 60.7 Å². The van der Waals surface area contributed by atoms with Crippen LogP contribution in [0.5, 0.6) is 0 Å². The van der Waals surface area contributed by atoms with Crippen LogP contribution in [0.4, 0.5) is 0 Å². The Morgan fingerprint density at radius 3 is 1.87 bits per heavy atom. The number of carboxylic acids is 1. The molecule has 0 fully saturated rings. The third-order valence-electron chi connectivity index (χ3n) is 3.90. The molecule has 2 N–H and O–H groups in total. The van der Waals surface area contributed by atoms with Crippen LogP contribution >= 0.6 is 0 Å². The molecule has 0 bridgehead atoms. The Bertz CT molecular complexity index is 601. The van der Waals surface area contributed by atoms with Crippen LogP contribution in [0.25, 0.3) is 0 Å². The molecule has 1 atom stereocenters. The van der Waals surface area contributed by atoms with Gasteiger partial charge in [0.2, 0.25) is 5.91 Å². The Balaban J connectivity index is 2.05. The van der Waals surface area contributed by atoms with E-state index in [1.807, 2.05) is 36.4 Å². The predicted molar refractivity (Wildman–Crippen MR) is 89.2 cm³/mol. The van der Waals surface area contributed by atoms with E-state index in [0.717, 1.165) is 0 Å². The minimum Gasteiger partial charge on any atom is -0.481 e. The van der Waals surface area contributed by atoms with Crippen molar-refractivity contribution in [3.63, 3.8) is 0 Å². The number of carbonyl (C=O) groups excluding carboxylic acids is 1. The van der Waals surface area contributed by atoms with Gasteiger partial charge in [0.1, 0.15) is 5.92 Å². The van der Waals surface area contributed by atoms with E-state index >= 15 is 0 Å². The van der Waals surface area contributed by atoms with Gasteiger partial charge in [-0.2, -0.15) is 0 Å². The largest absolute Gasteiger partial charge is 0.481 e. The molecule has 0 spiro atoms. The fourth-order valence-electron chi connectivity index (χ4n) is 2.50. The van der Waals surface area contributed by atoms with Crippen LogP contribution in [0.2, 0.25) is 0 Å². The van der Waals surface area contributed by atoms with Gasteiger partial charge in [0.15, 0.2) is 0 Å². The van der Waals surface area contributed by atoms with Crippen molar-refractivity contribution in [1.82, 2.24) is 5.32 Å². The Labute approximate surface area is 136 Å². The van der Waals surface area contributed by atoms with Gasteiger partial charge in [0.05, 0.1) is 0 Å². The average Bonchev–Trinajstić information content (AvgIpc) is 2.59. The maximum Gasteiger partial charge on any atom is 0.315 e. The molecule has 2 aromatic carbocycles. The number of aliphatic carboxylic acids is 1. The van der Waals surface area contributed by atoms with Gasteiger partial charge in [-0.3, -0.25) is 9.59 Å². The summed E-state index contributed by atoms with van der Waals surface area (Å²) in [6, 6.07) is 20.2. The zero-order chi connectivity index (χ0) is 16.7. The Morgan fingerprint density at radius 2 is 1.43 bits per heavy atom. The van der Waals surface area contributed by atoms with Gasteiger partial charge >= 0.3 is 5.97 Å². The normalized spacial score (nSPS) is 11.9. The van der Waals surface area contributed by atoms with E-state index in [0.29, 0.717) is 13.0 Å². The van der Waals surface area contributed by atoms with Gasteiger partial charge in [-0.15, -0.1) is 0 Å². The van der Waals surface area contributed by atoms with E-state index in [4.69, 9.17) is 5.11 Å². The maximum absolute atomic E-state index is 11.7. The topological polar surface area (TPSA) is 66.4 Å². The van der Waals surface area contributed by atoms with Crippen molar-refractivity contribution in [3.8, 4) is 0 Å². The summed E-state index contributed by atoms with van der Waals surface area (Å²) in [4.78, 5) is 22.6. The van der Waals surface area contributed by atoms with Crippen LogP contribution in [0.15, 0.2) is 60.7 Å². The van der Waals surface area contributed by atoms with Crippen LogP contribution in [0.1, 0.15) is 30.4 Å². The molecular formula is C19H21NO3. The minimum absolute atomic E-state index is 0.165. The molecule has 0 aliphatic heterocycles. The number of rotatable bonds is 7. The highest BCUT2D eigenvalue weighted by Gasteiger charge is 2.20. The van der Waals surface area contributed by atoms with E-state index in [1.165, 1.54) is 18.1 Å². The molecule has 2 rings (SSSR count). The molecule has 0 heterocycles. The first kappa shape index (κ1) is 16.7. The molecule has 0 aliphatic rings. The fraction of sp³-hybridized carbons (Fsp3) is 0.263. The molecule has 1 unspecified atom stereocenters. The van der Waals surface area contributed by atoms with Crippen LogP contribution in [-0.2, 0) is 9.59 Å². The number of carbonyl (C=O) groups is 2. The first-order chi connectivity index (χ1) is 11.1. The molecule has 120 valence electrons. The van der Waals surface area contributed by atoms with Crippen molar-refractivity contribution >= 4 is 11.9 Å². The van der Waals surface area contributed by atoms with Crippen LogP contribution < -0.4 is 5.32 Å². The Hall–Kier alpha value is -2.62. The van der Waals surface area contributed by atoms with E-state index in [-0.39, 0.29) is 5.92 Å². The average molecular weight is 311 g/mol. The number of carboxylic acid groups (broad SMARTS) is 1. The van der Waals surface area contributed by atoms with E-state index in [1.54, 1.807) is 0 Å². The first-order valence-corrected chi connectivity index (χ1v) is 7.70. The molecule has 4 heteroatoms. The summed E-state index contributed by atoms with van der Waals surface area (Å²) in [5.41, 5.74) is 2.36. The number of hydrogen-bond donors (Lipinski definition) is 2. The lowest BCUT2D eigenvalue weighted by Gasteiger charge is -2.19. The molecule has 23 heavy (non-hydrogen) atoms. The molecule has 0 aromatic heterocycles. The summed E-state index contributed by atoms with van der Waals surface area (Å²) < 4.78 is 0. The molecule has 0 aliphatic carbocycles. The third kappa shape index (κ3) is 4.68. The van der Waals surface area contributed by atoms with E-state index < -0.39 is 17.8 Å². The van der Waals surface area contributed by atoms with Crippen molar-refractivity contribution in [1.29, 1.82) is 0 Å². The number of hydrogen-bond acceptors (Lipinski definition) is 2. The molecular weight excluding hydrogens is 290 g/mol. The summed E-state index contributed by atoms with van der Waals surface area (Å²) in [6.07, 6.45) is 0.714.